The lowest BCUT2D eigenvalue weighted by atomic mass is 9.92. The van der Waals surface area contributed by atoms with Gasteiger partial charge in [-0.25, -0.2) is 0 Å². The highest BCUT2D eigenvalue weighted by atomic mass is 19.4. The summed E-state index contributed by atoms with van der Waals surface area (Å²) in [4.78, 5) is 11.4. The molecule has 98 valence electrons. The van der Waals surface area contributed by atoms with Gasteiger partial charge in [0.05, 0.1) is 18.6 Å². The van der Waals surface area contributed by atoms with E-state index in [1.807, 2.05) is 0 Å². The monoisotopic (exact) mass is 259 g/mol. The molecule has 1 unspecified atom stereocenters. The van der Waals surface area contributed by atoms with Gasteiger partial charge in [-0.2, -0.15) is 13.2 Å². The van der Waals surface area contributed by atoms with E-state index in [1.54, 1.807) is 6.07 Å². The number of carbonyl (C=O) groups is 1. The van der Waals surface area contributed by atoms with Crippen molar-refractivity contribution in [3.05, 3.63) is 29.3 Å². The molecule has 1 N–H and O–H groups in total. The van der Waals surface area contributed by atoms with Crippen molar-refractivity contribution in [2.45, 2.75) is 12.6 Å². The second-order valence-corrected chi connectivity index (χ2v) is 4.14. The number of methoxy groups -OCH3 is 1. The zero-order valence-electron chi connectivity index (χ0n) is 9.67. The van der Waals surface area contributed by atoms with Crippen LogP contribution in [0.2, 0.25) is 0 Å². The topological polar surface area (TPSA) is 38.3 Å². The molecule has 1 aliphatic heterocycles. The molecule has 0 radical (unpaired) electrons. The zero-order chi connectivity index (χ0) is 13.3. The number of anilines is 1. The van der Waals surface area contributed by atoms with Gasteiger partial charge < -0.3 is 10.1 Å². The molecular formula is C12H12F3NO2. The maximum atomic E-state index is 12.8. The van der Waals surface area contributed by atoms with Crippen LogP contribution in [0.15, 0.2) is 18.2 Å². The minimum atomic E-state index is -4.39. The summed E-state index contributed by atoms with van der Waals surface area (Å²) in [6.45, 7) is 0.159. The first kappa shape index (κ1) is 12.7. The lowest BCUT2D eigenvalue weighted by Gasteiger charge is -2.26. The maximum Gasteiger partial charge on any atom is 0.418 e. The van der Waals surface area contributed by atoms with Crippen LogP contribution in [0, 0.1) is 5.92 Å². The van der Waals surface area contributed by atoms with Gasteiger partial charge in [0.1, 0.15) is 0 Å². The predicted octanol–water partition coefficient (Wildman–Crippen LogP) is 2.46. The Balaban J connectivity index is 2.33. The second-order valence-electron chi connectivity index (χ2n) is 4.14. The third-order valence-electron chi connectivity index (χ3n) is 2.98. The largest absolute Gasteiger partial charge is 0.469 e. The molecule has 1 aromatic rings. The van der Waals surface area contributed by atoms with Crippen molar-refractivity contribution < 1.29 is 22.7 Å². The van der Waals surface area contributed by atoms with Crippen LogP contribution < -0.4 is 5.32 Å². The fraction of sp³-hybridized carbons (Fsp3) is 0.417. The van der Waals surface area contributed by atoms with Gasteiger partial charge in [-0.05, 0) is 18.1 Å². The van der Waals surface area contributed by atoms with Gasteiger partial charge in [-0.3, -0.25) is 4.79 Å². The van der Waals surface area contributed by atoms with E-state index in [0.29, 0.717) is 5.56 Å². The number of halogens is 3. The summed E-state index contributed by atoms with van der Waals surface area (Å²) in [6, 6.07) is 3.97. The van der Waals surface area contributed by atoms with Crippen molar-refractivity contribution >= 4 is 11.7 Å². The summed E-state index contributed by atoms with van der Waals surface area (Å²) < 4.78 is 42.9. The average Bonchev–Trinajstić information content (AvgIpc) is 2.35. The number of ether oxygens (including phenoxy) is 1. The zero-order valence-corrected chi connectivity index (χ0v) is 9.67. The Morgan fingerprint density at radius 3 is 2.78 bits per heavy atom. The van der Waals surface area contributed by atoms with E-state index in [0.717, 1.165) is 6.07 Å². The molecular weight excluding hydrogens is 247 g/mol. The normalized spacial score (nSPS) is 18.8. The van der Waals surface area contributed by atoms with E-state index in [-0.39, 0.29) is 18.7 Å². The van der Waals surface area contributed by atoms with Gasteiger partial charge in [-0.15, -0.1) is 0 Å². The van der Waals surface area contributed by atoms with E-state index in [4.69, 9.17) is 0 Å². The summed E-state index contributed by atoms with van der Waals surface area (Å²) in [5.41, 5.74) is -0.125. The summed E-state index contributed by atoms with van der Waals surface area (Å²) >= 11 is 0. The predicted molar refractivity (Wildman–Crippen MR) is 59.1 cm³/mol. The molecule has 18 heavy (non-hydrogen) atoms. The Morgan fingerprint density at radius 1 is 1.44 bits per heavy atom. The van der Waals surface area contributed by atoms with E-state index in [9.17, 15) is 18.0 Å². The molecule has 3 nitrogen and oxygen atoms in total. The molecule has 0 saturated heterocycles. The first-order valence-corrected chi connectivity index (χ1v) is 5.44. The number of alkyl halides is 3. The average molecular weight is 259 g/mol. The summed E-state index contributed by atoms with van der Waals surface area (Å²) in [6.07, 6.45) is -4.13. The van der Waals surface area contributed by atoms with E-state index in [2.05, 4.69) is 10.1 Å². The van der Waals surface area contributed by atoms with Gasteiger partial charge in [0.2, 0.25) is 0 Å². The SMILES string of the molecule is COC(=O)C1CNc2c(cccc2C(F)(F)F)C1. The Hall–Kier alpha value is -1.72. The number of hydrogen-bond acceptors (Lipinski definition) is 3. The molecule has 0 bridgehead atoms. The van der Waals surface area contributed by atoms with Crippen LogP contribution in [-0.4, -0.2) is 19.6 Å². The van der Waals surface area contributed by atoms with Crippen LogP contribution >= 0.6 is 0 Å². The molecule has 1 aliphatic rings. The van der Waals surface area contributed by atoms with Crippen molar-refractivity contribution in [3.63, 3.8) is 0 Å². The van der Waals surface area contributed by atoms with Crippen molar-refractivity contribution in [3.8, 4) is 0 Å². The Morgan fingerprint density at radius 2 is 2.17 bits per heavy atom. The van der Waals surface area contributed by atoms with Crippen molar-refractivity contribution in [1.29, 1.82) is 0 Å². The number of nitrogens with one attached hydrogen (secondary N) is 1. The molecule has 1 aromatic carbocycles. The highest BCUT2D eigenvalue weighted by molar-refractivity contribution is 5.76. The van der Waals surface area contributed by atoms with Crippen molar-refractivity contribution in [2.24, 2.45) is 5.92 Å². The van der Waals surface area contributed by atoms with Crippen LogP contribution in [0.3, 0.4) is 0 Å². The third kappa shape index (κ3) is 2.27. The molecule has 0 amide bonds. The third-order valence-corrected chi connectivity index (χ3v) is 2.98. The molecule has 1 atom stereocenters. The van der Waals surface area contributed by atoms with Gasteiger partial charge in [0.15, 0.2) is 0 Å². The number of esters is 1. The lowest BCUT2D eigenvalue weighted by molar-refractivity contribution is -0.145. The molecule has 0 spiro atoms. The molecule has 0 fully saturated rings. The number of carbonyl (C=O) groups excluding carboxylic acids is 1. The second kappa shape index (κ2) is 4.51. The summed E-state index contributed by atoms with van der Waals surface area (Å²) in [5.74, 6) is -0.850. The Bertz CT molecular complexity index is 471. The maximum absolute atomic E-state index is 12.8. The summed E-state index contributed by atoms with van der Waals surface area (Å²) in [5, 5.41) is 2.68. The van der Waals surface area contributed by atoms with E-state index >= 15 is 0 Å². The first-order valence-electron chi connectivity index (χ1n) is 5.44. The molecule has 0 saturated carbocycles. The highest BCUT2D eigenvalue weighted by Crippen LogP contribution is 2.39. The van der Waals surface area contributed by atoms with Crippen molar-refractivity contribution in [1.82, 2.24) is 0 Å². The quantitative estimate of drug-likeness (QED) is 0.787. The minimum absolute atomic E-state index is 0.0742. The first-order chi connectivity index (χ1) is 8.43. The lowest BCUT2D eigenvalue weighted by Crippen LogP contribution is -2.31. The highest BCUT2D eigenvalue weighted by Gasteiger charge is 2.36. The number of para-hydroxylation sites is 1. The smallest absolute Gasteiger partial charge is 0.418 e. The Labute approximate surface area is 102 Å². The molecule has 6 heteroatoms. The van der Waals surface area contributed by atoms with Gasteiger partial charge in [0.25, 0.3) is 0 Å². The Kier molecular flexibility index (Phi) is 3.19. The van der Waals surface area contributed by atoms with Crippen LogP contribution in [0.5, 0.6) is 0 Å². The van der Waals surface area contributed by atoms with E-state index in [1.165, 1.54) is 13.2 Å². The van der Waals surface area contributed by atoms with Gasteiger partial charge >= 0.3 is 12.1 Å². The standard InChI is InChI=1S/C12H12F3NO2/c1-18-11(17)8-5-7-3-2-4-9(12(13,14)15)10(7)16-6-8/h2-4,8,16H,5-6H2,1H3. The van der Waals surface area contributed by atoms with Crippen LogP contribution in [0.25, 0.3) is 0 Å². The number of rotatable bonds is 1. The van der Waals surface area contributed by atoms with E-state index < -0.39 is 23.6 Å². The van der Waals surface area contributed by atoms with Gasteiger partial charge in [0, 0.05) is 12.2 Å². The molecule has 0 aromatic heterocycles. The van der Waals surface area contributed by atoms with Crippen LogP contribution in [0.1, 0.15) is 11.1 Å². The fourth-order valence-corrected chi connectivity index (χ4v) is 2.11. The van der Waals surface area contributed by atoms with Crippen molar-refractivity contribution in [2.75, 3.05) is 19.0 Å². The molecule has 1 heterocycles. The van der Waals surface area contributed by atoms with Gasteiger partial charge in [-0.1, -0.05) is 12.1 Å². The number of benzene rings is 1. The van der Waals surface area contributed by atoms with Crippen LogP contribution in [-0.2, 0) is 22.1 Å². The van der Waals surface area contributed by atoms with Crippen LogP contribution in [0.4, 0.5) is 18.9 Å². The fourth-order valence-electron chi connectivity index (χ4n) is 2.11. The number of hydrogen-bond donors (Lipinski definition) is 1. The molecule has 2 rings (SSSR count). The summed E-state index contributed by atoms with van der Waals surface area (Å²) in [7, 11) is 1.27. The minimum Gasteiger partial charge on any atom is -0.469 e. The number of fused-ring (bicyclic) bond motifs is 1. The molecule has 0 aliphatic carbocycles.